The molecule has 1 aliphatic heterocycles. The molecule has 2 aromatic rings. The van der Waals surface area contributed by atoms with Crippen LogP contribution in [0.25, 0.3) is 11.7 Å². The van der Waals surface area contributed by atoms with E-state index in [-0.39, 0.29) is 36.2 Å². The second-order valence-corrected chi connectivity index (χ2v) is 8.25. The minimum absolute atomic E-state index is 0.0103. The highest BCUT2D eigenvalue weighted by molar-refractivity contribution is 8.26. The highest BCUT2D eigenvalue weighted by Gasteiger charge is 2.35. The monoisotopic (exact) mass is 418 g/mol. The van der Waals surface area contributed by atoms with Crippen LogP contribution in [0.1, 0.15) is 31.4 Å². The number of nitrogens with zero attached hydrogens (tertiary/aromatic N) is 3. The van der Waals surface area contributed by atoms with Crippen LogP contribution in [0.15, 0.2) is 28.0 Å². The lowest BCUT2D eigenvalue weighted by Gasteiger charge is -2.21. The summed E-state index contributed by atoms with van der Waals surface area (Å²) in [6, 6.07) is 3.62. The van der Waals surface area contributed by atoms with Gasteiger partial charge in [0.25, 0.3) is 11.5 Å². The number of nitrogens with one attached hydrogen (secondary N) is 1. The van der Waals surface area contributed by atoms with Gasteiger partial charge in [-0.05, 0) is 38.0 Å². The average Bonchev–Trinajstić information content (AvgIpc) is 2.95. The molecule has 0 radical (unpaired) electrons. The molecule has 148 valence electrons. The van der Waals surface area contributed by atoms with E-state index in [0.29, 0.717) is 20.7 Å². The number of anilines is 1. The fourth-order valence-corrected chi connectivity index (χ4v) is 4.32. The van der Waals surface area contributed by atoms with Crippen LogP contribution in [0.2, 0.25) is 0 Å². The number of hydrogen-bond donors (Lipinski definition) is 2. The molecule has 2 aromatic heterocycles. The first-order valence-electron chi connectivity index (χ1n) is 9.02. The van der Waals surface area contributed by atoms with Crippen molar-refractivity contribution in [2.24, 2.45) is 0 Å². The Balaban J connectivity index is 2.14. The lowest BCUT2D eigenvalue weighted by atomic mass is 10.2. The third-order valence-electron chi connectivity index (χ3n) is 4.54. The summed E-state index contributed by atoms with van der Waals surface area (Å²) < 4.78 is 1.95. The summed E-state index contributed by atoms with van der Waals surface area (Å²) in [4.78, 5) is 32.4. The van der Waals surface area contributed by atoms with E-state index in [1.54, 1.807) is 23.2 Å². The maximum atomic E-state index is 13.1. The molecule has 2 N–H and O–H groups in total. The normalized spacial score (nSPS) is 17.0. The van der Waals surface area contributed by atoms with Crippen LogP contribution in [0.5, 0.6) is 0 Å². The van der Waals surface area contributed by atoms with Crippen LogP contribution < -0.4 is 10.9 Å². The molecule has 0 aromatic carbocycles. The number of aromatic nitrogens is 2. The van der Waals surface area contributed by atoms with E-state index in [4.69, 9.17) is 17.3 Å². The standard InChI is InChI=1S/C19H22N4O3S2/c1-4-12(3)23-18(26)14(28-19(23)27)9-13-16(20-7-8-24)21-15-6-5-11(2)10-22(15)17(13)25/h5-6,9-10,12,20,24H,4,7-8H2,1-3H3/b14-9-/t12-/m1/s1. The van der Waals surface area contributed by atoms with Crippen LogP contribution in [-0.2, 0) is 4.79 Å². The number of aryl methyl sites for hydroxylation is 1. The van der Waals surface area contributed by atoms with Crippen molar-refractivity contribution in [2.45, 2.75) is 33.2 Å². The number of amides is 1. The number of rotatable bonds is 6. The molecule has 1 aliphatic rings. The zero-order valence-electron chi connectivity index (χ0n) is 15.9. The summed E-state index contributed by atoms with van der Waals surface area (Å²) in [7, 11) is 0. The first-order chi connectivity index (χ1) is 13.4. The Morgan fingerprint density at radius 1 is 1.39 bits per heavy atom. The largest absolute Gasteiger partial charge is 0.395 e. The number of aliphatic hydroxyl groups excluding tert-OH is 1. The molecule has 0 unspecified atom stereocenters. The number of carbonyl (C=O) groups is 1. The number of aliphatic hydroxyl groups is 1. The highest BCUT2D eigenvalue weighted by Crippen LogP contribution is 2.34. The Kier molecular flexibility index (Phi) is 6.17. The highest BCUT2D eigenvalue weighted by atomic mass is 32.2. The second kappa shape index (κ2) is 8.42. The predicted molar refractivity (Wildman–Crippen MR) is 117 cm³/mol. The molecule has 0 saturated carbocycles. The van der Waals surface area contributed by atoms with E-state index in [2.05, 4.69) is 10.3 Å². The Labute approximate surface area is 172 Å². The van der Waals surface area contributed by atoms with E-state index < -0.39 is 0 Å². The zero-order chi connectivity index (χ0) is 20.4. The minimum atomic E-state index is -0.289. The van der Waals surface area contributed by atoms with E-state index >= 15 is 0 Å². The van der Waals surface area contributed by atoms with Crippen LogP contribution in [0.3, 0.4) is 0 Å². The van der Waals surface area contributed by atoms with Crippen LogP contribution in [-0.4, -0.2) is 48.8 Å². The third kappa shape index (κ3) is 3.82. The lowest BCUT2D eigenvalue weighted by Crippen LogP contribution is -2.36. The van der Waals surface area contributed by atoms with E-state index in [0.717, 1.165) is 12.0 Å². The van der Waals surface area contributed by atoms with Gasteiger partial charge in [0.05, 0.1) is 17.1 Å². The van der Waals surface area contributed by atoms with Crippen LogP contribution in [0.4, 0.5) is 5.82 Å². The molecule has 1 atom stereocenters. The summed E-state index contributed by atoms with van der Waals surface area (Å²) in [5.74, 6) is 0.128. The first-order valence-corrected chi connectivity index (χ1v) is 10.2. The topological polar surface area (TPSA) is 86.9 Å². The first kappa shape index (κ1) is 20.5. The van der Waals surface area contributed by atoms with E-state index in [1.807, 2.05) is 26.8 Å². The molecular formula is C19H22N4O3S2. The van der Waals surface area contributed by atoms with Crippen molar-refractivity contribution in [2.75, 3.05) is 18.5 Å². The van der Waals surface area contributed by atoms with Gasteiger partial charge in [-0.25, -0.2) is 4.98 Å². The van der Waals surface area contributed by atoms with Crippen LogP contribution >= 0.6 is 24.0 Å². The predicted octanol–water partition coefficient (Wildman–Crippen LogP) is 2.41. The number of carbonyl (C=O) groups excluding carboxylic acids is 1. The lowest BCUT2D eigenvalue weighted by molar-refractivity contribution is -0.123. The second-order valence-electron chi connectivity index (χ2n) is 6.57. The molecule has 9 heteroatoms. The Morgan fingerprint density at radius 2 is 2.14 bits per heavy atom. The molecule has 0 bridgehead atoms. The van der Waals surface area contributed by atoms with Crippen molar-refractivity contribution in [1.29, 1.82) is 0 Å². The molecule has 3 heterocycles. The van der Waals surface area contributed by atoms with Gasteiger partial charge in [0.2, 0.25) is 0 Å². The van der Waals surface area contributed by atoms with Gasteiger partial charge in [-0.1, -0.05) is 37.0 Å². The SMILES string of the molecule is CC[C@@H](C)N1C(=O)/C(=C/c2c(NCCO)nc3ccc(C)cn3c2=O)SC1=S. The van der Waals surface area contributed by atoms with Crippen molar-refractivity contribution in [3.63, 3.8) is 0 Å². The summed E-state index contributed by atoms with van der Waals surface area (Å²) in [5.41, 5.74) is 1.38. The molecule has 1 saturated heterocycles. The molecule has 0 spiro atoms. The number of fused-ring (bicyclic) bond motifs is 1. The van der Waals surface area contributed by atoms with Gasteiger partial charge in [0.1, 0.15) is 15.8 Å². The van der Waals surface area contributed by atoms with Gasteiger partial charge < -0.3 is 10.4 Å². The van der Waals surface area contributed by atoms with E-state index in [1.165, 1.54) is 16.2 Å². The van der Waals surface area contributed by atoms with Gasteiger partial charge in [-0.15, -0.1) is 0 Å². The van der Waals surface area contributed by atoms with Gasteiger partial charge in [0, 0.05) is 18.8 Å². The minimum Gasteiger partial charge on any atom is -0.395 e. The van der Waals surface area contributed by atoms with Crippen LogP contribution in [0, 0.1) is 6.92 Å². The Hall–Kier alpha value is -2.23. The zero-order valence-corrected chi connectivity index (χ0v) is 17.6. The van der Waals surface area contributed by atoms with Crippen molar-refractivity contribution in [1.82, 2.24) is 14.3 Å². The molecule has 7 nitrogen and oxygen atoms in total. The maximum absolute atomic E-state index is 13.1. The maximum Gasteiger partial charge on any atom is 0.267 e. The van der Waals surface area contributed by atoms with Gasteiger partial charge in [0.15, 0.2) is 0 Å². The van der Waals surface area contributed by atoms with Crippen molar-refractivity contribution in [3.05, 3.63) is 44.7 Å². The third-order valence-corrected chi connectivity index (χ3v) is 5.87. The summed E-state index contributed by atoms with van der Waals surface area (Å²) in [5, 5.41) is 12.1. The molecule has 28 heavy (non-hydrogen) atoms. The molecule has 1 amide bonds. The quantitative estimate of drug-likeness (QED) is 0.550. The van der Waals surface area contributed by atoms with Crippen molar-refractivity contribution >= 4 is 51.7 Å². The fourth-order valence-electron chi connectivity index (χ4n) is 2.87. The smallest absolute Gasteiger partial charge is 0.267 e. The van der Waals surface area contributed by atoms with Crippen molar-refractivity contribution in [3.8, 4) is 0 Å². The fraction of sp³-hybridized carbons (Fsp3) is 0.368. The van der Waals surface area contributed by atoms with E-state index in [9.17, 15) is 9.59 Å². The number of pyridine rings is 1. The molecule has 1 fully saturated rings. The number of hydrogen-bond acceptors (Lipinski definition) is 7. The molecular weight excluding hydrogens is 396 g/mol. The summed E-state index contributed by atoms with van der Waals surface area (Å²) in [6.45, 7) is 5.96. The Morgan fingerprint density at radius 3 is 2.82 bits per heavy atom. The van der Waals surface area contributed by atoms with Gasteiger partial charge >= 0.3 is 0 Å². The number of thiocarbonyl (C=S) groups is 1. The van der Waals surface area contributed by atoms with Gasteiger partial charge in [-0.3, -0.25) is 18.9 Å². The van der Waals surface area contributed by atoms with Gasteiger partial charge in [-0.2, -0.15) is 0 Å². The average molecular weight is 419 g/mol. The van der Waals surface area contributed by atoms with Crippen molar-refractivity contribution < 1.29 is 9.90 Å². The molecule has 0 aliphatic carbocycles. The Bertz CT molecular complexity index is 1030. The summed E-state index contributed by atoms with van der Waals surface area (Å²) >= 11 is 6.55. The number of thioether (sulfide) groups is 1. The summed E-state index contributed by atoms with van der Waals surface area (Å²) in [6.07, 6.45) is 4.04. The molecule has 3 rings (SSSR count).